The van der Waals surface area contributed by atoms with E-state index in [1.54, 1.807) is 6.07 Å². The predicted octanol–water partition coefficient (Wildman–Crippen LogP) is 3.14. The zero-order valence-electron chi connectivity index (χ0n) is 14.3. The molecule has 4 rings (SSSR count). The number of aryl methyl sites for hydroxylation is 2. The second-order valence-corrected chi connectivity index (χ2v) is 7.75. The lowest BCUT2D eigenvalue weighted by atomic mass is 10.1. The first-order valence-corrected chi connectivity index (χ1v) is 9.49. The number of nitrogens with one attached hydrogen (secondary N) is 2. The summed E-state index contributed by atoms with van der Waals surface area (Å²) in [5, 5.41) is 0.0191. The fourth-order valence-corrected chi connectivity index (χ4v) is 3.80. The van der Waals surface area contributed by atoms with E-state index in [-0.39, 0.29) is 5.03 Å². The van der Waals surface area contributed by atoms with Crippen molar-refractivity contribution in [3.8, 4) is 11.3 Å². The lowest BCUT2D eigenvalue weighted by Crippen LogP contribution is -2.14. The Morgan fingerprint density at radius 1 is 1.15 bits per heavy atom. The molecule has 8 heteroatoms. The molecule has 0 aliphatic rings. The van der Waals surface area contributed by atoms with E-state index in [1.807, 2.05) is 54.9 Å². The Morgan fingerprint density at radius 2 is 2.00 bits per heavy atom. The quantitative estimate of drug-likeness (QED) is 0.580. The van der Waals surface area contributed by atoms with E-state index < -0.39 is 10.0 Å². The van der Waals surface area contributed by atoms with E-state index in [0.29, 0.717) is 5.69 Å². The van der Waals surface area contributed by atoms with Crippen molar-refractivity contribution in [2.75, 3.05) is 4.72 Å². The van der Waals surface area contributed by atoms with Gasteiger partial charge < -0.3 is 9.38 Å². The summed E-state index contributed by atoms with van der Waals surface area (Å²) in [6.45, 7) is 3.85. The second kappa shape index (κ2) is 5.99. The number of rotatable bonds is 4. The summed E-state index contributed by atoms with van der Waals surface area (Å²) in [5.74, 6) is 0. The van der Waals surface area contributed by atoms with E-state index in [2.05, 4.69) is 19.7 Å². The highest BCUT2D eigenvalue weighted by Crippen LogP contribution is 2.27. The van der Waals surface area contributed by atoms with Crippen molar-refractivity contribution >= 4 is 21.4 Å². The number of aromatic nitrogens is 4. The van der Waals surface area contributed by atoms with Crippen LogP contribution in [0.4, 0.5) is 5.69 Å². The Morgan fingerprint density at radius 3 is 2.73 bits per heavy atom. The molecular formula is C18H17N5O2S. The highest BCUT2D eigenvalue weighted by atomic mass is 32.2. The van der Waals surface area contributed by atoms with Crippen molar-refractivity contribution in [1.29, 1.82) is 0 Å². The molecule has 0 saturated carbocycles. The molecule has 0 unspecified atom stereocenters. The predicted molar refractivity (Wildman–Crippen MR) is 99.5 cm³/mol. The normalized spacial score (nSPS) is 11.8. The number of aromatic amines is 1. The number of sulfonamides is 1. The Hall–Kier alpha value is -3.13. The Bertz CT molecular complexity index is 1190. The van der Waals surface area contributed by atoms with Crippen LogP contribution in [0.25, 0.3) is 16.9 Å². The number of hydrogen-bond acceptors (Lipinski definition) is 4. The smallest absolute Gasteiger partial charge is 0.278 e. The van der Waals surface area contributed by atoms with E-state index in [9.17, 15) is 8.42 Å². The van der Waals surface area contributed by atoms with Gasteiger partial charge in [0.05, 0.1) is 23.9 Å². The summed E-state index contributed by atoms with van der Waals surface area (Å²) >= 11 is 0. The maximum Gasteiger partial charge on any atom is 0.278 e. The molecule has 3 heterocycles. The molecule has 0 bridgehead atoms. The molecule has 3 aromatic heterocycles. The van der Waals surface area contributed by atoms with Gasteiger partial charge in [-0.15, -0.1) is 0 Å². The van der Waals surface area contributed by atoms with Gasteiger partial charge in [-0.3, -0.25) is 4.72 Å². The zero-order chi connectivity index (χ0) is 18.3. The highest BCUT2D eigenvalue weighted by Gasteiger charge is 2.17. The number of H-pyrrole nitrogens is 1. The van der Waals surface area contributed by atoms with Crippen LogP contribution in [0.15, 0.2) is 60.3 Å². The van der Waals surface area contributed by atoms with Gasteiger partial charge in [0.2, 0.25) is 0 Å². The minimum absolute atomic E-state index is 0.0191. The molecule has 0 saturated heterocycles. The van der Waals surface area contributed by atoms with Crippen LogP contribution >= 0.6 is 0 Å². The van der Waals surface area contributed by atoms with Gasteiger partial charge in [-0.25, -0.2) is 9.97 Å². The van der Waals surface area contributed by atoms with Crippen molar-refractivity contribution in [2.24, 2.45) is 0 Å². The van der Waals surface area contributed by atoms with Crippen molar-refractivity contribution in [3.05, 3.63) is 66.4 Å². The van der Waals surface area contributed by atoms with Crippen molar-refractivity contribution in [3.63, 3.8) is 0 Å². The van der Waals surface area contributed by atoms with Gasteiger partial charge >= 0.3 is 0 Å². The molecule has 26 heavy (non-hydrogen) atoms. The Labute approximate surface area is 150 Å². The molecule has 132 valence electrons. The molecule has 0 spiro atoms. The molecule has 0 amide bonds. The van der Waals surface area contributed by atoms with E-state index >= 15 is 0 Å². The van der Waals surface area contributed by atoms with Crippen LogP contribution in [-0.4, -0.2) is 27.8 Å². The van der Waals surface area contributed by atoms with Crippen LogP contribution in [0.3, 0.4) is 0 Å². The fraction of sp³-hybridized carbons (Fsp3) is 0.111. The van der Waals surface area contributed by atoms with E-state index in [4.69, 9.17) is 0 Å². The molecular weight excluding hydrogens is 350 g/mol. The largest absolute Gasteiger partial charge is 0.334 e. The highest BCUT2D eigenvalue weighted by molar-refractivity contribution is 7.92. The molecule has 0 fully saturated rings. The molecule has 0 radical (unpaired) electrons. The summed E-state index contributed by atoms with van der Waals surface area (Å²) < 4.78 is 29.5. The van der Waals surface area contributed by atoms with Crippen LogP contribution in [0.1, 0.15) is 11.1 Å². The number of pyridine rings is 1. The number of imidazole rings is 2. The van der Waals surface area contributed by atoms with Crippen molar-refractivity contribution < 1.29 is 8.42 Å². The third-order valence-electron chi connectivity index (χ3n) is 4.22. The number of hydrogen-bond donors (Lipinski definition) is 2. The SMILES string of the molecule is Cc1ccc(-c2cn3cccc(C)c3n2)cc1NS(=O)(=O)c1cnc[nH]1. The van der Waals surface area contributed by atoms with E-state index in [1.165, 1.54) is 12.5 Å². The summed E-state index contributed by atoms with van der Waals surface area (Å²) in [6.07, 6.45) is 6.47. The molecule has 2 N–H and O–H groups in total. The third kappa shape index (κ3) is 2.84. The zero-order valence-corrected chi connectivity index (χ0v) is 15.1. The first-order chi connectivity index (χ1) is 12.4. The van der Waals surface area contributed by atoms with Crippen LogP contribution in [0, 0.1) is 13.8 Å². The molecule has 4 aromatic rings. The number of nitrogens with zero attached hydrogens (tertiary/aromatic N) is 3. The molecule has 0 atom stereocenters. The second-order valence-electron chi connectivity index (χ2n) is 6.10. The molecule has 0 aliphatic heterocycles. The lowest BCUT2D eigenvalue weighted by molar-refractivity contribution is 0.598. The van der Waals surface area contributed by atoms with Gasteiger partial charge in [0.15, 0.2) is 5.03 Å². The molecule has 0 aliphatic carbocycles. The monoisotopic (exact) mass is 367 g/mol. The van der Waals surface area contributed by atoms with Crippen LogP contribution < -0.4 is 4.72 Å². The number of benzene rings is 1. The maximum absolute atomic E-state index is 12.4. The van der Waals surface area contributed by atoms with Gasteiger partial charge in [-0.05, 0) is 37.1 Å². The summed E-state index contributed by atoms with van der Waals surface area (Å²) in [5.41, 5.74) is 4.89. The lowest BCUT2D eigenvalue weighted by Gasteiger charge is -2.10. The average Bonchev–Trinajstić information content (AvgIpc) is 3.27. The van der Waals surface area contributed by atoms with Gasteiger partial charge in [0.1, 0.15) is 5.65 Å². The van der Waals surface area contributed by atoms with E-state index in [0.717, 1.165) is 28.0 Å². The van der Waals surface area contributed by atoms with Crippen LogP contribution in [0.5, 0.6) is 0 Å². The van der Waals surface area contributed by atoms with Gasteiger partial charge in [0.25, 0.3) is 10.0 Å². The molecule has 1 aromatic carbocycles. The van der Waals surface area contributed by atoms with Crippen LogP contribution in [0.2, 0.25) is 0 Å². The van der Waals surface area contributed by atoms with Crippen molar-refractivity contribution in [1.82, 2.24) is 19.4 Å². The maximum atomic E-state index is 12.4. The minimum atomic E-state index is -3.72. The average molecular weight is 367 g/mol. The first kappa shape index (κ1) is 16.3. The summed E-state index contributed by atoms with van der Waals surface area (Å²) in [4.78, 5) is 11.0. The summed E-state index contributed by atoms with van der Waals surface area (Å²) in [7, 11) is -3.72. The third-order valence-corrected chi connectivity index (χ3v) is 5.51. The minimum Gasteiger partial charge on any atom is -0.334 e. The standard InChI is InChI=1S/C18H17N5O2S/c1-12-5-6-14(16-10-23-7-3-4-13(2)18(23)21-16)8-15(12)22-26(24,25)17-9-19-11-20-17/h3-11,22H,1-2H3,(H,19,20). The first-order valence-electron chi connectivity index (χ1n) is 8.00. The fourth-order valence-electron chi connectivity index (χ4n) is 2.77. The Balaban J connectivity index is 1.75. The number of anilines is 1. The number of fused-ring (bicyclic) bond motifs is 1. The topological polar surface area (TPSA) is 92.2 Å². The Kier molecular flexibility index (Phi) is 3.77. The van der Waals surface area contributed by atoms with Crippen LogP contribution in [-0.2, 0) is 10.0 Å². The molecule has 7 nitrogen and oxygen atoms in total. The van der Waals surface area contributed by atoms with Gasteiger partial charge in [-0.2, -0.15) is 8.42 Å². The van der Waals surface area contributed by atoms with Crippen molar-refractivity contribution in [2.45, 2.75) is 18.9 Å². The van der Waals surface area contributed by atoms with Gasteiger partial charge in [-0.1, -0.05) is 18.2 Å². The summed E-state index contributed by atoms with van der Waals surface area (Å²) in [6, 6.07) is 9.57. The van der Waals surface area contributed by atoms with Gasteiger partial charge in [0, 0.05) is 18.0 Å².